The Labute approximate surface area is 122 Å². The number of nitrogens with one attached hydrogen (secondary N) is 1. The number of benzene rings is 2. The van der Waals surface area contributed by atoms with Crippen LogP contribution in [0, 0.1) is 5.82 Å². The minimum absolute atomic E-state index is 0.0257. The summed E-state index contributed by atoms with van der Waals surface area (Å²) in [6.07, 6.45) is -0.0257. The first kappa shape index (κ1) is 14.8. The van der Waals surface area contributed by atoms with Crippen LogP contribution in [0.25, 0.3) is 0 Å². The van der Waals surface area contributed by atoms with Crippen LogP contribution in [0.5, 0.6) is 5.75 Å². The number of halogens is 1. The van der Waals surface area contributed by atoms with Gasteiger partial charge in [-0.15, -0.1) is 0 Å². The van der Waals surface area contributed by atoms with E-state index < -0.39 is 11.7 Å². The third-order valence-electron chi connectivity index (χ3n) is 2.80. The van der Waals surface area contributed by atoms with Gasteiger partial charge < -0.3 is 15.8 Å². The molecule has 0 atom stereocenters. The largest absolute Gasteiger partial charge is 0.489 e. The molecule has 0 aliphatic rings. The summed E-state index contributed by atoms with van der Waals surface area (Å²) in [4.78, 5) is 12.2. The fourth-order valence-electron chi connectivity index (χ4n) is 1.85. The van der Waals surface area contributed by atoms with Crippen molar-refractivity contribution < 1.29 is 13.9 Å². The van der Waals surface area contributed by atoms with E-state index >= 15 is 0 Å². The van der Waals surface area contributed by atoms with Crippen molar-refractivity contribution >= 4 is 17.3 Å². The molecule has 21 heavy (non-hydrogen) atoms. The highest BCUT2D eigenvalue weighted by atomic mass is 19.1. The van der Waals surface area contributed by atoms with E-state index in [1.807, 2.05) is 19.9 Å². The van der Waals surface area contributed by atoms with E-state index in [4.69, 9.17) is 10.5 Å². The number of rotatable bonds is 4. The Hall–Kier alpha value is -2.56. The molecule has 0 aliphatic carbocycles. The molecule has 0 unspecified atom stereocenters. The van der Waals surface area contributed by atoms with Crippen LogP contribution in [-0.2, 0) is 0 Å². The normalized spacial score (nSPS) is 10.5. The van der Waals surface area contributed by atoms with Crippen molar-refractivity contribution in [2.75, 3.05) is 11.1 Å². The molecule has 2 rings (SSSR count). The molecule has 0 heterocycles. The topological polar surface area (TPSA) is 64.3 Å². The average Bonchev–Trinajstić information content (AvgIpc) is 2.43. The number of ether oxygens (including phenoxy) is 1. The molecule has 4 nitrogen and oxygen atoms in total. The summed E-state index contributed by atoms with van der Waals surface area (Å²) in [5.74, 6) is -0.544. The SMILES string of the molecule is CC(C)Oc1ccccc1NC(=O)c1cccc(F)c1N. The molecular formula is C16H17FN2O2. The van der Waals surface area contributed by atoms with Crippen LogP contribution in [0.2, 0.25) is 0 Å². The van der Waals surface area contributed by atoms with Crippen molar-refractivity contribution in [2.24, 2.45) is 0 Å². The van der Waals surface area contributed by atoms with Crippen molar-refractivity contribution in [1.82, 2.24) is 0 Å². The van der Waals surface area contributed by atoms with Crippen molar-refractivity contribution in [3.63, 3.8) is 0 Å². The number of carbonyl (C=O) groups is 1. The first-order valence-electron chi connectivity index (χ1n) is 6.60. The van der Waals surface area contributed by atoms with Crippen LogP contribution in [-0.4, -0.2) is 12.0 Å². The Bertz CT molecular complexity index is 656. The lowest BCUT2D eigenvalue weighted by molar-refractivity contribution is 0.102. The lowest BCUT2D eigenvalue weighted by Gasteiger charge is -2.15. The maximum atomic E-state index is 13.4. The lowest BCUT2D eigenvalue weighted by Crippen LogP contribution is -2.16. The fourth-order valence-corrected chi connectivity index (χ4v) is 1.85. The molecule has 0 saturated carbocycles. The highest BCUT2D eigenvalue weighted by Crippen LogP contribution is 2.26. The molecule has 0 bridgehead atoms. The van der Waals surface area contributed by atoms with E-state index in [-0.39, 0.29) is 17.4 Å². The predicted octanol–water partition coefficient (Wildman–Crippen LogP) is 3.45. The van der Waals surface area contributed by atoms with Gasteiger partial charge in [-0.05, 0) is 38.1 Å². The second kappa shape index (κ2) is 6.26. The Morgan fingerprint density at radius 3 is 2.62 bits per heavy atom. The predicted molar refractivity (Wildman–Crippen MR) is 81.0 cm³/mol. The maximum absolute atomic E-state index is 13.4. The summed E-state index contributed by atoms with van der Waals surface area (Å²) in [5.41, 5.74) is 6.03. The van der Waals surface area contributed by atoms with Crippen molar-refractivity contribution in [3.05, 3.63) is 53.8 Å². The van der Waals surface area contributed by atoms with Gasteiger partial charge in [0.2, 0.25) is 0 Å². The zero-order valence-electron chi connectivity index (χ0n) is 11.9. The molecule has 0 saturated heterocycles. The summed E-state index contributed by atoms with van der Waals surface area (Å²) in [5, 5.41) is 2.69. The molecule has 0 fully saturated rings. The number of carbonyl (C=O) groups excluding carboxylic acids is 1. The van der Waals surface area contributed by atoms with Crippen LogP contribution in [0.15, 0.2) is 42.5 Å². The smallest absolute Gasteiger partial charge is 0.257 e. The van der Waals surface area contributed by atoms with Crippen LogP contribution in [0.1, 0.15) is 24.2 Å². The van der Waals surface area contributed by atoms with Gasteiger partial charge in [-0.25, -0.2) is 4.39 Å². The second-order valence-corrected chi connectivity index (χ2v) is 4.82. The number of hydrogen-bond donors (Lipinski definition) is 2. The van der Waals surface area contributed by atoms with Crippen LogP contribution in [0.3, 0.4) is 0 Å². The Morgan fingerprint density at radius 2 is 1.90 bits per heavy atom. The molecule has 0 radical (unpaired) electrons. The van der Waals surface area contributed by atoms with Crippen LogP contribution in [0.4, 0.5) is 15.8 Å². The number of amides is 1. The van der Waals surface area contributed by atoms with E-state index in [0.29, 0.717) is 11.4 Å². The summed E-state index contributed by atoms with van der Waals surface area (Å²) in [6, 6.07) is 11.2. The van der Waals surface area contributed by atoms with Crippen LogP contribution < -0.4 is 15.8 Å². The number of anilines is 2. The Kier molecular flexibility index (Phi) is 4.42. The number of nitrogens with two attached hydrogens (primary N) is 1. The third-order valence-corrected chi connectivity index (χ3v) is 2.80. The maximum Gasteiger partial charge on any atom is 0.257 e. The summed E-state index contributed by atoms with van der Waals surface area (Å²) < 4.78 is 19.0. The van der Waals surface area contributed by atoms with E-state index in [1.54, 1.807) is 18.2 Å². The fraction of sp³-hybridized carbons (Fsp3) is 0.188. The first-order valence-corrected chi connectivity index (χ1v) is 6.60. The van der Waals surface area contributed by atoms with Gasteiger partial charge in [-0.2, -0.15) is 0 Å². The molecular weight excluding hydrogens is 271 g/mol. The molecule has 3 N–H and O–H groups in total. The minimum Gasteiger partial charge on any atom is -0.489 e. The van der Waals surface area contributed by atoms with Gasteiger partial charge in [0.1, 0.15) is 11.6 Å². The lowest BCUT2D eigenvalue weighted by atomic mass is 10.1. The molecule has 1 amide bonds. The summed E-state index contributed by atoms with van der Waals surface area (Å²) >= 11 is 0. The van der Waals surface area contributed by atoms with Crippen molar-refractivity contribution in [3.8, 4) is 5.75 Å². The van der Waals surface area contributed by atoms with Crippen LogP contribution >= 0.6 is 0 Å². The third kappa shape index (κ3) is 3.51. The zero-order valence-corrected chi connectivity index (χ0v) is 11.9. The Morgan fingerprint density at radius 1 is 1.19 bits per heavy atom. The van der Waals surface area contributed by atoms with Gasteiger partial charge in [-0.3, -0.25) is 4.79 Å². The standard InChI is InChI=1S/C16H17FN2O2/c1-10(2)21-14-9-4-3-8-13(14)19-16(20)11-6-5-7-12(17)15(11)18/h3-10H,18H2,1-2H3,(H,19,20). The van der Waals surface area contributed by atoms with E-state index in [1.165, 1.54) is 18.2 Å². The van der Waals surface area contributed by atoms with Crippen molar-refractivity contribution in [1.29, 1.82) is 0 Å². The summed E-state index contributed by atoms with van der Waals surface area (Å²) in [7, 11) is 0. The zero-order chi connectivity index (χ0) is 15.4. The molecule has 2 aromatic carbocycles. The van der Waals surface area contributed by atoms with Gasteiger partial charge in [0.25, 0.3) is 5.91 Å². The van der Waals surface area contributed by atoms with E-state index in [0.717, 1.165) is 0 Å². The van der Waals surface area contributed by atoms with Crippen molar-refractivity contribution in [2.45, 2.75) is 20.0 Å². The van der Waals surface area contributed by atoms with E-state index in [2.05, 4.69) is 5.32 Å². The highest BCUT2D eigenvalue weighted by Gasteiger charge is 2.14. The monoisotopic (exact) mass is 288 g/mol. The highest BCUT2D eigenvalue weighted by molar-refractivity contribution is 6.08. The van der Waals surface area contributed by atoms with Gasteiger partial charge in [0.15, 0.2) is 0 Å². The molecule has 110 valence electrons. The molecule has 5 heteroatoms. The van der Waals surface area contributed by atoms with Gasteiger partial charge >= 0.3 is 0 Å². The van der Waals surface area contributed by atoms with E-state index in [9.17, 15) is 9.18 Å². The van der Waals surface area contributed by atoms with Gasteiger partial charge in [0.05, 0.1) is 23.0 Å². The molecule has 0 aromatic heterocycles. The quantitative estimate of drug-likeness (QED) is 0.847. The summed E-state index contributed by atoms with van der Waals surface area (Å²) in [6.45, 7) is 3.78. The second-order valence-electron chi connectivity index (χ2n) is 4.82. The number of hydrogen-bond acceptors (Lipinski definition) is 3. The van der Waals surface area contributed by atoms with Gasteiger partial charge in [0, 0.05) is 0 Å². The first-order chi connectivity index (χ1) is 9.99. The molecule has 2 aromatic rings. The average molecular weight is 288 g/mol. The number of para-hydroxylation sites is 3. The Balaban J connectivity index is 2.26. The van der Waals surface area contributed by atoms with Gasteiger partial charge in [-0.1, -0.05) is 18.2 Å². The molecule has 0 spiro atoms. The molecule has 0 aliphatic heterocycles. The number of nitrogen functional groups attached to an aromatic ring is 1. The minimum atomic E-state index is -0.616.